The van der Waals surface area contributed by atoms with Crippen molar-refractivity contribution in [3.63, 3.8) is 0 Å². The van der Waals surface area contributed by atoms with Crippen LogP contribution in [0.5, 0.6) is 0 Å². The van der Waals surface area contributed by atoms with E-state index >= 15 is 0 Å². The summed E-state index contributed by atoms with van der Waals surface area (Å²) >= 11 is 0. The fourth-order valence-corrected chi connectivity index (χ4v) is 5.51. The number of rotatable bonds is 3. The van der Waals surface area contributed by atoms with E-state index in [0.29, 0.717) is 31.4 Å². The molecule has 0 saturated heterocycles. The molecule has 2 N–H and O–H groups in total. The van der Waals surface area contributed by atoms with Crippen LogP contribution in [0.15, 0.2) is 18.3 Å². The standard InChI is InChI=1S/C17H20FN3O2/c18-15-4-12-5-16(9-15,11-17(23,6-12)10-15)20-8-14(22)21-3-1-2-13(21)7-19/h1-3,12,20,23H,4-6,8-11H2/t12-,15-,16+,17+/m0/s1. The highest BCUT2D eigenvalue weighted by atomic mass is 19.1. The normalized spacial score (nSPS) is 41.0. The first-order valence-electron chi connectivity index (χ1n) is 8.11. The topological polar surface area (TPSA) is 78.0 Å². The van der Waals surface area contributed by atoms with Crippen LogP contribution in [0, 0.1) is 17.2 Å². The zero-order valence-corrected chi connectivity index (χ0v) is 12.9. The Bertz CT molecular complexity index is 689. The summed E-state index contributed by atoms with van der Waals surface area (Å²) < 4.78 is 16.3. The fraction of sp³-hybridized carbons (Fsp3) is 0.647. The summed E-state index contributed by atoms with van der Waals surface area (Å²) in [5.41, 5.74) is -2.45. The van der Waals surface area contributed by atoms with Crippen LogP contribution in [-0.4, -0.2) is 38.9 Å². The molecule has 5 nitrogen and oxygen atoms in total. The third kappa shape index (κ3) is 2.39. The van der Waals surface area contributed by atoms with E-state index in [-0.39, 0.29) is 24.8 Å². The molecule has 4 saturated carbocycles. The van der Waals surface area contributed by atoms with Crippen molar-refractivity contribution >= 4 is 5.91 Å². The Labute approximate surface area is 134 Å². The van der Waals surface area contributed by atoms with Crippen LogP contribution >= 0.6 is 0 Å². The van der Waals surface area contributed by atoms with E-state index in [0.717, 1.165) is 6.42 Å². The highest BCUT2D eigenvalue weighted by molar-refractivity contribution is 5.82. The second kappa shape index (κ2) is 4.65. The predicted molar refractivity (Wildman–Crippen MR) is 80.5 cm³/mol. The zero-order valence-electron chi connectivity index (χ0n) is 12.9. The minimum Gasteiger partial charge on any atom is -0.390 e. The lowest BCUT2D eigenvalue weighted by Crippen LogP contribution is -2.69. The van der Waals surface area contributed by atoms with Gasteiger partial charge in [0, 0.05) is 18.2 Å². The SMILES string of the molecule is N#Cc1cccn1C(=O)CN[C@]12C[C@H]3C[C@@](O)(C[C@](F)(C3)C1)C2. The van der Waals surface area contributed by atoms with Crippen molar-refractivity contribution in [1.29, 1.82) is 5.26 Å². The van der Waals surface area contributed by atoms with Crippen molar-refractivity contribution in [2.45, 2.75) is 55.3 Å². The van der Waals surface area contributed by atoms with E-state index in [1.54, 1.807) is 18.3 Å². The molecule has 0 spiro atoms. The smallest absolute Gasteiger partial charge is 0.245 e. The molecule has 4 bridgehead atoms. The van der Waals surface area contributed by atoms with Gasteiger partial charge >= 0.3 is 0 Å². The van der Waals surface area contributed by atoms with E-state index < -0.39 is 16.8 Å². The molecule has 0 radical (unpaired) electrons. The van der Waals surface area contributed by atoms with E-state index in [4.69, 9.17) is 5.26 Å². The number of carbonyl (C=O) groups is 1. The van der Waals surface area contributed by atoms with Gasteiger partial charge in [-0.2, -0.15) is 5.26 Å². The molecular formula is C17H20FN3O2. The lowest BCUT2D eigenvalue weighted by molar-refractivity contribution is -0.185. The number of alkyl halides is 1. The van der Waals surface area contributed by atoms with Crippen LogP contribution in [0.3, 0.4) is 0 Å². The Balaban J connectivity index is 1.51. The Morgan fingerprint density at radius 1 is 1.43 bits per heavy atom. The molecule has 4 aliphatic carbocycles. The fourth-order valence-electron chi connectivity index (χ4n) is 5.51. The number of aromatic nitrogens is 1. The quantitative estimate of drug-likeness (QED) is 0.890. The molecule has 23 heavy (non-hydrogen) atoms. The molecule has 4 atom stereocenters. The van der Waals surface area contributed by atoms with Crippen molar-refractivity contribution in [2.75, 3.05) is 6.54 Å². The van der Waals surface area contributed by atoms with E-state index in [1.807, 2.05) is 6.07 Å². The lowest BCUT2D eigenvalue weighted by Gasteiger charge is -2.62. The summed E-state index contributed by atoms with van der Waals surface area (Å²) in [6.45, 7) is 0.0439. The summed E-state index contributed by atoms with van der Waals surface area (Å²) in [6.07, 6.45) is 4.67. The summed E-state index contributed by atoms with van der Waals surface area (Å²) in [7, 11) is 0. The number of hydrogen-bond donors (Lipinski definition) is 2. The second-order valence-electron chi connectivity index (χ2n) is 7.79. The monoisotopic (exact) mass is 317 g/mol. The average molecular weight is 317 g/mol. The molecule has 0 amide bonds. The van der Waals surface area contributed by atoms with Crippen molar-refractivity contribution in [3.8, 4) is 6.07 Å². The average Bonchev–Trinajstić information content (AvgIpc) is 2.89. The molecule has 6 heteroatoms. The molecule has 5 rings (SSSR count). The number of aliphatic hydroxyl groups is 1. The zero-order chi connectivity index (χ0) is 16.3. The van der Waals surface area contributed by atoms with Gasteiger partial charge in [-0.3, -0.25) is 9.36 Å². The van der Waals surface area contributed by atoms with E-state index in [1.165, 1.54) is 4.57 Å². The maximum Gasteiger partial charge on any atom is 0.245 e. The number of hydrogen-bond acceptors (Lipinski definition) is 4. The van der Waals surface area contributed by atoms with Gasteiger partial charge in [-0.1, -0.05) is 0 Å². The van der Waals surface area contributed by atoms with Gasteiger partial charge in [-0.05, 0) is 50.2 Å². The minimum atomic E-state index is -1.31. The van der Waals surface area contributed by atoms with Crippen LogP contribution in [-0.2, 0) is 0 Å². The van der Waals surface area contributed by atoms with Crippen LogP contribution < -0.4 is 5.32 Å². The maximum atomic E-state index is 15.0. The molecule has 1 aromatic rings. The summed E-state index contributed by atoms with van der Waals surface area (Å²) in [4.78, 5) is 12.3. The van der Waals surface area contributed by atoms with Crippen molar-refractivity contribution in [2.24, 2.45) is 5.92 Å². The van der Waals surface area contributed by atoms with E-state index in [2.05, 4.69) is 5.32 Å². The molecule has 0 unspecified atom stereocenters. The van der Waals surface area contributed by atoms with Gasteiger partial charge in [0.25, 0.3) is 0 Å². The minimum absolute atomic E-state index is 0.0439. The van der Waals surface area contributed by atoms with Crippen LogP contribution in [0.25, 0.3) is 0 Å². The van der Waals surface area contributed by atoms with Gasteiger partial charge in [0.1, 0.15) is 17.4 Å². The first-order valence-corrected chi connectivity index (χ1v) is 8.11. The second-order valence-corrected chi connectivity index (χ2v) is 7.79. The summed E-state index contributed by atoms with van der Waals surface area (Å²) in [6, 6.07) is 5.22. The first-order chi connectivity index (χ1) is 10.8. The summed E-state index contributed by atoms with van der Waals surface area (Å²) in [5, 5.41) is 22.9. The van der Waals surface area contributed by atoms with Crippen LogP contribution in [0.1, 0.15) is 49.0 Å². The molecule has 1 heterocycles. The van der Waals surface area contributed by atoms with Crippen molar-refractivity contribution in [3.05, 3.63) is 24.0 Å². The molecule has 0 aliphatic heterocycles. The molecule has 1 aromatic heterocycles. The third-order valence-electron chi connectivity index (χ3n) is 5.72. The van der Waals surface area contributed by atoms with Crippen LogP contribution in [0.4, 0.5) is 4.39 Å². The van der Waals surface area contributed by atoms with Gasteiger partial charge in [0.15, 0.2) is 0 Å². The van der Waals surface area contributed by atoms with Gasteiger partial charge in [0.2, 0.25) is 5.91 Å². The third-order valence-corrected chi connectivity index (χ3v) is 5.72. The lowest BCUT2D eigenvalue weighted by atomic mass is 9.50. The molecule has 122 valence electrons. The summed E-state index contributed by atoms with van der Waals surface area (Å²) in [5.74, 6) is -0.0488. The van der Waals surface area contributed by atoms with Gasteiger partial charge in [-0.25, -0.2) is 4.39 Å². The highest BCUT2D eigenvalue weighted by Gasteiger charge is 2.63. The molecule has 0 aromatic carbocycles. The number of nitrogens with zero attached hydrogens (tertiary/aromatic N) is 2. The van der Waals surface area contributed by atoms with Crippen LogP contribution in [0.2, 0.25) is 0 Å². The number of nitrogens with one attached hydrogen (secondary N) is 1. The Kier molecular flexibility index (Phi) is 3.00. The molecule has 4 aliphatic rings. The maximum absolute atomic E-state index is 15.0. The Morgan fingerprint density at radius 2 is 2.26 bits per heavy atom. The van der Waals surface area contributed by atoms with Gasteiger partial charge in [-0.15, -0.1) is 0 Å². The number of halogens is 1. The van der Waals surface area contributed by atoms with Gasteiger partial charge in [0.05, 0.1) is 12.1 Å². The predicted octanol–water partition coefficient (Wildman–Crippen LogP) is 1.77. The Morgan fingerprint density at radius 3 is 2.96 bits per heavy atom. The van der Waals surface area contributed by atoms with Crippen molar-refractivity contribution in [1.82, 2.24) is 9.88 Å². The highest BCUT2D eigenvalue weighted by Crippen LogP contribution is 2.60. The number of carbonyl (C=O) groups excluding carboxylic acids is 1. The largest absolute Gasteiger partial charge is 0.390 e. The molecular weight excluding hydrogens is 297 g/mol. The first kappa shape index (κ1) is 14.9. The molecule has 4 fully saturated rings. The Hall–Kier alpha value is -1.71. The van der Waals surface area contributed by atoms with Crippen molar-refractivity contribution < 1.29 is 14.3 Å². The van der Waals surface area contributed by atoms with Gasteiger partial charge < -0.3 is 10.4 Å². The van der Waals surface area contributed by atoms with E-state index in [9.17, 15) is 14.3 Å². The number of nitriles is 1.